The number of carboxylic acids is 1. The molecule has 0 bridgehead atoms. The summed E-state index contributed by atoms with van der Waals surface area (Å²) in [4.78, 5) is 33.7. The van der Waals surface area contributed by atoms with Crippen LogP contribution >= 0.6 is 11.3 Å². The van der Waals surface area contributed by atoms with Gasteiger partial charge in [-0.2, -0.15) is 0 Å². The third-order valence-electron chi connectivity index (χ3n) is 1.96. The SMILES string of the molecule is NC(=O)C[C@H](NC(=O)C=Cc1cccs1)C(=O)O. The second-order valence-corrected chi connectivity index (χ2v) is 4.40. The number of thiophene rings is 1. The zero-order valence-corrected chi connectivity index (χ0v) is 10.1. The Bertz CT molecular complexity index is 467. The minimum Gasteiger partial charge on any atom is -0.480 e. The Labute approximate surface area is 107 Å². The van der Waals surface area contributed by atoms with E-state index in [0.717, 1.165) is 4.88 Å². The number of carboxylic acid groups (broad SMARTS) is 1. The molecule has 0 radical (unpaired) electrons. The number of aliphatic carboxylic acids is 1. The van der Waals surface area contributed by atoms with Crippen LogP contribution in [-0.2, 0) is 14.4 Å². The first-order valence-electron chi connectivity index (χ1n) is 5.02. The Morgan fingerprint density at radius 2 is 2.22 bits per heavy atom. The molecule has 4 N–H and O–H groups in total. The topological polar surface area (TPSA) is 109 Å². The van der Waals surface area contributed by atoms with Gasteiger partial charge in [-0.05, 0) is 17.5 Å². The molecule has 7 heteroatoms. The van der Waals surface area contributed by atoms with E-state index >= 15 is 0 Å². The van der Waals surface area contributed by atoms with Crippen LogP contribution in [0.15, 0.2) is 23.6 Å². The summed E-state index contributed by atoms with van der Waals surface area (Å²) >= 11 is 1.44. The molecule has 0 spiro atoms. The highest BCUT2D eigenvalue weighted by atomic mass is 32.1. The molecule has 0 aliphatic carbocycles. The molecular weight excluding hydrogens is 256 g/mol. The Balaban J connectivity index is 2.56. The molecule has 0 saturated heterocycles. The van der Waals surface area contributed by atoms with Gasteiger partial charge in [0.2, 0.25) is 11.8 Å². The number of hydrogen-bond acceptors (Lipinski definition) is 4. The number of nitrogens with two attached hydrogens (primary N) is 1. The van der Waals surface area contributed by atoms with Gasteiger partial charge in [-0.25, -0.2) is 4.79 Å². The second kappa shape index (κ2) is 6.55. The molecule has 0 aliphatic heterocycles. The number of nitrogens with one attached hydrogen (secondary N) is 1. The third kappa shape index (κ3) is 4.79. The Morgan fingerprint density at radius 1 is 1.50 bits per heavy atom. The number of amides is 2. The van der Waals surface area contributed by atoms with Crippen molar-refractivity contribution < 1.29 is 19.5 Å². The fourth-order valence-corrected chi connectivity index (χ4v) is 1.78. The van der Waals surface area contributed by atoms with E-state index in [-0.39, 0.29) is 0 Å². The van der Waals surface area contributed by atoms with E-state index in [1.807, 2.05) is 17.5 Å². The van der Waals surface area contributed by atoms with Gasteiger partial charge in [-0.1, -0.05) is 6.07 Å². The molecule has 0 aliphatic rings. The molecule has 18 heavy (non-hydrogen) atoms. The summed E-state index contributed by atoms with van der Waals surface area (Å²) in [5.74, 6) is -2.67. The van der Waals surface area contributed by atoms with Crippen LogP contribution in [0.4, 0.5) is 0 Å². The Hall–Kier alpha value is -2.15. The fraction of sp³-hybridized carbons (Fsp3) is 0.182. The predicted octanol–water partition coefficient (Wildman–Crippen LogP) is 0.206. The second-order valence-electron chi connectivity index (χ2n) is 3.42. The van der Waals surface area contributed by atoms with Crippen molar-refractivity contribution in [2.75, 3.05) is 0 Å². The average molecular weight is 268 g/mol. The van der Waals surface area contributed by atoms with Crippen molar-refractivity contribution in [3.8, 4) is 0 Å². The largest absolute Gasteiger partial charge is 0.480 e. The van der Waals surface area contributed by atoms with E-state index in [9.17, 15) is 14.4 Å². The van der Waals surface area contributed by atoms with Crippen molar-refractivity contribution in [3.05, 3.63) is 28.5 Å². The minimum absolute atomic E-state index is 0.437. The van der Waals surface area contributed by atoms with Gasteiger partial charge in [0.15, 0.2) is 0 Å². The lowest BCUT2D eigenvalue weighted by Crippen LogP contribution is -2.42. The standard InChI is InChI=1S/C11H12N2O4S/c12-9(14)6-8(11(16)17)13-10(15)4-3-7-2-1-5-18-7/h1-5,8H,6H2,(H2,12,14)(H,13,15)(H,16,17)/t8-/m0/s1. The first-order valence-corrected chi connectivity index (χ1v) is 5.90. The van der Waals surface area contributed by atoms with Crippen LogP contribution in [0.2, 0.25) is 0 Å². The first kappa shape index (κ1) is 13.9. The maximum Gasteiger partial charge on any atom is 0.326 e. The molecule has 0 aromatic carbocycles. The third-order valence-corrected chi connectivity index (χ3v) is 2.80. The van der Waals surface area contributed by atoms with Gasteiger partial charge >= 0.3 is 5.97 Å². The summed E-state index contributed by atoms with van der Waals surface area (Å²) in [5, 5.41) is 12.8. The van der Waals surface area contributed by atoms with Gasteiger partial charge in [-0.3, -0.25) is 9.59 Å². The van der Waals surface area contributed by atoms with Gasteiger partial charge in [0.25, 0.3) is 0 Å². The molecule has 1 rings (SSSR count). The molecule has 0 saturated carbocycles. The van der Waals surface area contributed by atoms with Crippen molar-refractivity contribution in [2.45, 2.75) is 12.5 Å². The van der Waals surface area contributed by atoms with Crippen LogP contribution in [0.3, 0.4) is 0 Å². The summed E-state index contributed by atoms with van der Waals surface area (Å²) in [6, 6.07) is 2.34. The zero-order chi connectivity index (χ0) is 13.5. The number of rotatable bonds is 6. The van der Waals surface area contributed by atoms with E-state index in [1.54, 1.807) is 6.08 Å². The Morgan fingerprint density at radius 3 is 2.72 bits per heavy atom. The molecule has 6 nitrogen and oxygen atoms in total. The maximum atomic E-state index is 11.4. The van der Waals surface area contributed by atoms with Gasteiger partial charge in [-0.15, -0.1) is 11.3 Å². The lowest BCUT2D eigenvalue weighted by molar-refractivity contribution is -0.142. The van der Waals surface area contributed by atoms with E-state index in [1.165, 1.54) is 17.4 Å². The molecule has 0 fully saturated rings. The molecular formula is C11H12N2O4S. The molecule has 1 atom stereocenters. The van der Waals surface area contributed by atoms with Crippen molar-refractivity contribution in [2.24, 2.45) is 5.73 Å². The summed E-state index contributed by atoms with van der Waals surface area (Å²) in [6.07, 6.45) is 2.33. The van der Waals surface area contributed by atoms with Gasteiger partial charge < -0.3 is 16.2 Å². The highest BCUT2D eigenvalue weighted by molar-refractivity contribution is 7.10. The lowest BCUT2D eigenvalue weighted by Gasteiger charge is -2.10. The van der Waals surface area contributed by atoms with E-state index < -0.39 is 30.2 Å². The fourth-order valence-electron chi connectivity index (χ4n) is 1.17. The van der Waals surface area contributed by atoms with Crippen LogP contribution in [0.1, 0.15) is 11.3 Å². The van der Waals surface area contributed by atoms with Crippen molar-refractivity contribution in [1.29, 1.82) is 0 Å². The lowest BCUT2D eigenvalue weighted by atomic mass is 10.2. The summed E-state index contributed by atoms with van der Waals surface area (Å²) in [6.45, 7) is 0. The van der Waals surface area contributed by atoms with Crippen LogP contribution in [-0.4, -0.2) is 28.9 Å². The molecule has 0 unspecified atom stereocenters. The highest BCUT2D eigenvalue weighted by Gasteiger charge is 2.20. The zero-order valence-electron chi connectivity index (χ0n) is 9.33. The molecule has 96 valence electrons. The van der Waals surface area contributed by atoms with Gasteiger partial charge in [0.1, 0.15) is 6.04 Å². The maximum absolute atomic E-state index is 11.4. The van der Waals surface area contributed by atoms with E-state index in [2.05, 4.69) is 5.32 Å². The molecule has 2 amide bonds. The van der Waals surface area contributed by atoms with Crippen molar-refractivity contribution >= 4 is 35.2 Å². The van der Waals surface area contributed by atoms with Crippen molar-refractivity contribution in [3.63, 3.8) is 0 Å². The summed E-state index contributed by atoms with van der Waals surface area (Å²) < 4.78 is 0. The highest BCUT2D eigenvalue weighted by Crippen LogP contribution is 2.09. The number of carbonyl (C=O) groups is 3. The number of primary amides is 1. The predicted molar refractivity (Wildman–Crippen MR) is 66.7 cm³/mol. The van der Waals surface area contributed by atoms with Crippen LogP contribution in [0.5, 0.6) is 0 Å². The normalized spacial score (nSPS) is 12.2. The van der Waals surface area contributed by atoms with Gasteiger partial charge in [0, 0.05) is 11.0 Å². The summed E-state index contributed by atoms with van der Waals surface area (Å²) in [7, 11) is 0. The van der Waals surface area contributed by atoms with Gasteiger partial charge in [0.05, 0.1) is 6.42 Å². The monoisotopic (exact) mass is 268 g/mol. The van der Waals surface area contributed by atoms with E-state index in [0.29, 0.717) is 0 Å². The minimum atomic E-state index is -1.30. The number of hydrogen-bond donors (Lipinski definition) is 3. The average Bonchev–Trinajstić information content (AvgIpc) is 2.77. The van der Waals surface area contributed by atoms with E-state index in [4.69, 9.17) is 10.8 Å². The van der Waals surface area contributed by atoms with Crippen LogP contribution in [0, 0.1) is 0 Å². The number of carbonyl (C=O) groups excluding carboxylic acids is 2. The Kier molecular flexibility index (Phi) is 5.06. The molecule has 1 aromatic rings. The smallest absolute Gasteiger partial charge is 0.326 e. The summed E-state index contributed by atoms with van der Waals surface area (Å²) in [5.41, 5.74) is 4.89. The first-order chi connectivity index (χ1) is 8.49. The molecule has 1 aromatic heterocycles. The molecule has 1 heterocycles. The van der Waals surface area contributed by atoms with Crippen molar-refractivity contribution in [1.82, 2.24) is 5.32 Å². The van der Waals surface area contributed by atoms with Crippen LogP contribution < -0.4 is 11.1 Å². The van der Waals surface area contributed by atoms with Crippen LogP contribution in [0.25, 0.3) is 6.08 Å². The quantitative estimate of drug-likeness (QED) is 0.640.